The van der Waals surface area contributed by atoms with Crippen LogP contribution in [0.15, 0.2) is 32.0 Å². The molecule has 0 unspecified atom stereocenters. The van der Waals surface area contributed by atoms with Gasteiger partial charge in [-0.25, -0.2) is 0 Å². The topological polar surface area (TPSA) is 26.9 Å². The van der Waals surface area contributed by atoms with Gasteiger partial charge >= 0.3 is 0 Å². The molecule has 2 aromatic heterocycles. The highest BCUT2D eigenvalue weighted by Gasteiger charge is 2.28. The van der Waals surface area contributed by atoms with E-state index >= 15 is 0 Å². The molecule has 2 aliphatic heterocycles. The predicted octanol–water partition coefficient (Wildman–Crippen LogP) is 9.48. The Balaban J connectivity index is 1.21. The van der Waals surface area contributed by atoms with Crippen LogP contribution in [0, 0.1) is 9.28 Å². The van der Waals surface area contributed by atoms with Crippen molar-refractivity contribution >= 4 is 79.0 Å². The third-order valence-electron chi connectivity index (χ3n) is 7.93. The Hall–Kier alpha value is -0.190. The van der Waals surface area contributed by atoms with E-state index in [0.717, 1.165) is 82.2 Å². The van der Waals surface area contributed by atoms with E-state index in [1.165, 1.54) is 20.9 Å². The Morgan fingerprint density at radius 3 is 1.58 bits per heavy atom. The molecule has 0 amide bonds. The van der Waals surface area contributed by atoms with Crippen LogP contribution in [0.25, 0.3) is 0 Å². The molecular weight excluding hydrogens is 585 g/mol. The van der Waals surface area contributed by atoms with Crippen LogP contribution in [0.1, 0.15) is 90.2 Å². The molecular formula is C29H40N2OS6. The van der Waals surface area contributed by atoms with E-state index in [2.05, 4.69) is 49.0 Å². The standard InChI is InChI=1S/C29H40N2OS6/c1-28(2,30-24(33)17-22-20(26(30)35)11-15-37-22)13-7-5-9-19(32)10-6-8-14-29(3,4)31-25(34)18-23-21(27(31)36)12-16-38-23/h17-18,35-36H,5-16H2,1-4H3. The maximum Gasteiger partial charge on any atom is 0.132 e. The minimum Gasteiger partial charge on any atom is -0.322 e. The number of ketones is 1. The van der Waals surface area contributed by atoms with Gasteiger partial charge in [-0.3, -0.25) is 4.79 Å². The molecule has 4 heterocycles. The first-order valence-electron chi connectivity index (χ1n) is 13.7. The van der Waals surface area contributed by atoms with E-state index in [1.54, 1.807) is 0 Å². The molecule has 0 atom stereocenters. The number of nitrogens with zero attached hydrogens (tertiary/aromatic N) is 2. The number of thioether (sulfide) groups is 2. The second-order valence-corrected chi connectivity index (χ2v) is 15.7. The van der Waals surface area contributed by atoms with E-state index in [-0.39, 0.29) is 11.1 Å². The highest BCUT2D eigenvalue weighted by molar-refractivity contribution is 8.00. The molecule has 0 radical (unpaired) electrons. The lowest BCUT2D eigenvalue weighted by Gasteiger charge is -2.31. The number of pyridine rings is 2. The lowest BCUT2D eigenvalue weighted by molar-refractivity contribution is -0.119. The zero-order valence-corrected chi connectivity index (χ0v) is 28.0. The van der Waals surface area contributed by atoms with Gasteiger partial charge in [0.05, 0.1) is 10.1 Å². The fourth-order valence-electron chi connectivity index (χ4n) is 5.76. The van der Waals surface area contributed by atoms with Gasteiger partial charge in [0.25, 0.3) is 0 Å². The molecule has 4 rings (SSSR count). The van der Waals surface area contributed by atoms with Gasteiger partial charge in [0.15, 0.2) is 0 Å². The summed E-state index contributed by atoms with van der Waals surface area (Å²) in [6, 6.07) is 4.28. The van der Waals surface area contributed by atoms with Crippen LogP contribution in [-0.4, -0.2) is 26.4 Å². The van der Waals surface area contributed by atoms with E-state index < -0.39 is 0 Å². The minimum absolute atomic E-state index is 0.117. The van der Waals surface area contributed by atoms with Crippen molar-refractivity contribution in [2.75, 3.05) is 11.5 Å². The van der Waals surface area contributed by atoms with Crippen LogP contribution in [0.3, 0.4) is 0 Å². The van der Waals surface area contributed by atoms with Crippen molar-refractivity contribution in [2.45, 2.75) is 123 Å². The molecule has 0 aliphatic carbocycles. The Morgan fingerprint density at radius 2 is 1.18 bits per heavy atom. The van der Waals surface area contributed by atoms with Gasteiger partial charge in [-0.15, -0.1) is 48.8 Å². The third-order valence-corrected chi connectivity index (χ3v) is 11.6. The van der Waals surface area contributed by atoms with Gasteiger partial charge < -0.3 is 9.13 Å². The first-order chi connectivity index (χ1) is 17.9. The second kappa shape index (κ2) is 12.8. The van der Waals surface area contributed by atoms with E-state index in [0.29, 0.717) is 18.6 Å². The van der Waals surface area contributed by atoms with Gasteiger partial charge in [-0.2, -0.15) is 0 Å². The van der Waals surface area contributed by atoms with E-state index in [9.17, 15) is 4.79 Å². The number of Topliss-reactive ketones (excluding diaryl/α,β-unsaturated/α-hetero) is 1. The molecule has 0 aromatic carbocycles. The van der Waals surface area contributed by atoms with Crippen LogP contribution in [-0.2, 0) is 28.7 Å². The number of unbranched alkanes of at least 4 members (excludes halogenated alkanes) is 2. The Morgan fingerprint density at radius 1 is 0.789 bits per heavy atom. The summed E-state index contributed by atoms with van der Waals surface area (Å²) in [5.74, 6) is 2.60. The first kappa shape index (κ1) is 30.8. The molecule has 0 saturated heterocycles. The summed E-state index contributed by atoms with van der Waals surface area (Å²) in [5, 5.41) is 2.04. The second-order valence-electron chi connectivity index (χ2n) is 11.7. The van der Waals surface area contributed by atoms with Crippen molar-refractivity contribution in [1.82, 2.24) is 9.13 Å². The zero-order valence-electron chi connectivity index (χ0n) is 23.0. The van der Waals surface area contributed by atoms with Crippen molar-refractivity contribution in [3.63, 3.8) is 0 Å². The van der Waals surface area contributed by atoms with Crippen molar-refractivity contribution in [3.05, 3.63) is 32.5 Å². The minimum atomic E-state index is -0.117. The number of fused-ring (bicyclic) bond motifs is 2. The fraction of sp³-hybridized carbons (Fsp3) is 0.621. The maximum atomic E-state index is 12.6. The number of hydrogen-bond acceptors (Lipinski definition) is 7. The van der Waals surface area contributed by atoms with Crippen LogP contribution < -0.4 is 0 Å². The number of hydrogen-bond donors (Lipinski definition) is 2. The highest BCUT2D eigenvalue weighted by atomic mass is 32.2. The first-order valence-corrected chi connectivity index (χ1v) is 17.3. The van der Waals surface area contributed by atoms with Crippen LogP contribution in [0.5, 0.6) is 0 Å². The zero-order chi connectivity index (χ0) is 27.7. The van der Waals surface area contributed by atoms with Gasteiger partial charge in [-0.05, 0) is 89.5 Å². The van der Waals surface area contributed by atoms with Crippen molar-refractivity contribution in [1.29, 1.82) is 0 Å². The fourth-order valence-corrected chi connectivity index (χ4v) is 10.5. The molecule has 0 fully saturated rings. The molecule has 0 N–H and O–H groups in total. The molecule has 0 saturated carbocycles. The number of thiol groups is 2. The van der Waals surface area contributed by atoms with Crippen molar-refractivity contribution in [3.8, 4) is 0 Å². The number of rotatable bonds is 12. The van der Waals surface area contributed by atoms with Crippen molar-refractivity contribution in [2.24, 2.45) is 0 Å². The van der Waals surface area contributed by atoms with Crippen LogP contribution in [0.4, 0.5) is 0 Å². The van der Waals surface area contributed by atoms with Gasteiger partial charge in [0.1, 0.15) is 15.1 Å². The quantitative estimate of drug-likeness (QED) is 0.139. The summed E-state index contributed by atoms with van der Waals surface area (Å²) in [5.41, 5.74) is 2.44. The maximum absolute atomic E-state index is 12.6. The summed E-state index contributed by atoms with van der Waals surface area (Å²) < 4.78 is 6.17. The Kier molecular flexibility index (Phi) is 10.3. The van der Waals surface area contributed by atoms with Gasteiger partial charge in [0.2, 0.25) is 0 Å². The third kappa shape index (κ3) is 6.81. The van der Waals surface area contributed by atoms with Crippen LogP contribution in [0.2, 0.25) is 0 Å². The summed E-state index contributed by atoms with van der Waals surface area (Å²) in [6.45, 7) is 8.96. The molecule has 9 heteroatoms. The average Bonchev–Trinajstić information content (AvgIpc) is 3.49. The lowest BCUT2D eigenvalue weighted by atomic mass is 9.93. The Labute approximate surface area is 258 Å². The van der Waals surface area contributed by atoms with Crippen LogP contribution >= 0.6 is 73.2 Å². The van der Waals surface area contributed by atoms with Gasteiger partial charge in [-0.1, -0.05) is 37.3 Å². The highest BCUT2D eigenvalue weighted by Crippen LogP contribution is 2.40. The van der Waals surface area contributed by atoms with Gasteiger partial charge in [0, 0.05) is 45.2 Å². The van der Waals surface area contributed by atoms with E-state index in [4.69, 9.17) is 49.7 Å². The summed E-state index contributed by atoms with van der Waals surface area (Å²) in [7, 11) is 0. The lowest BCUT2D eigenvalue weighted by Crippen LogP contribution is -2.29. The Bertz CT molecular complexity index is 1220. The normalized spacial score (nSPS) is 15.1. The van der Waals surface area contributed by atoms with E-state index in [1.807, 2.05) is 23.5 Å². The number of carbonyl (C=O) groups is 1. The summed E-state index contributed by atoms with van der Waals surface area (Å²) >= 11 is 25.0. The summed E-state index contributed by atoms with van der Waals surface area (Å²) in [4.78, 5) is 15.2. The molecule has 0 bridgehead atoms. The molecule has 208 valence electrons. The monoisotopic (exact) mass is 624 g/mol. The molecule has 2 aromatic rings. The predicted molar refractivity (Wildman–Crippen MR) is 174 cm³/mol. The molecule has 3 nitrogen and oxygen atoms in total. The largest absolute Gasteiger partial charge is 0.322 e. The molecule has 0 spiro atoms. The smallest absolute Gasteiger partial charge is 0.132 e. The SMILES string of the molecule is CC(C)(CCCCC(=O)CCCCC(C)(C)n1c(S)c2c(cc1=S)SCC2)n1c(S)c2c(cc1=S)SCC2. The van der Waals surface area contributed by atoms with Crippen molar-refractivity contribution < 1.29 is 4.79 Å². The molecule has 38 heavy (non-hydrogen) atoms. The molecule has 2 aliphatic rings. The number of aromatic nitrogens is 2. The average molecular weight is 625 g/mol. The summed E-state index contributed by atoms with van der Waals surface area (Å²) in [6.07, 6.45) is 9.27. The number of carbonyl (C=O) groups excluding carboxylic acids is 1.